The maximum Gasteiger partial charge on any atom is 0.260 e. The molecule has 4 aromatic carbocycles. The Morgan fingerprint density at radius 1 is 0.632 bits per heavy atom. The van der Waals surface area contributed by atoms with Crippen molar-refractivity contribution in [2.45, 2.75) is 57.0 Å². The quantitative estimate of drug-likeness (QED) is 0.0762. The molecule has 2 atom stereocenters. The molecule has 0 aromatic heterocycles. The summed E-state index contributed by atoms with van der Waals surface area (Å²) in [6, 6.07) is 21.4. The van der Waals surface area contributed by atoms with Crippen molar-refractivity contribution >= 4 is 70.2 Å². The lowest BCUT2D eigenvalue weighted by Crippen LogP contribution is -2.32. The van der Waals surface area contributed by atoms with E-state index < -0.39 is 0 Å². The van der Waals surface area contributed by atoms with Crippen LogP contribution in [0.15, 0.2) is 107 Å². The van der Waals surface area contributed by atoms with Gasteiger partial charge < -0.3 is 38.8 Å². The molecular weight excluding hydrogens is 869 g/mol. The fraction of sp³-hybridized carbons (Fsp3) is 0.288. The predicted octanol–water partition coefficient (Wildman–Crippen LogP) is 7.93. The van der Waals surface area contributed by atoms with Gasteiger partial charge in [-0.3, -0.25) is 38.9 Å². The third-order valence-corrected chi connectivity index (χ3v) is 12.4. The Labute approximate surface area is 393 Å². The van der Waals surface area contributed by atoms with E-state index >= 15 is 0 Å². The summed E-state index contributed by atoms with van der Waals surface area (Å²) >= 11 is 0. The Hall–Kier alpha value is -8.01. The Bertz CT molecular complexity index is 2810. The van der Waals surface area contributed by atoms with E-state index in [4.69, 9.17) is 33.7 Å². The van der Waals surface area contributed by atoms with Gasteiger partial charge in [-0.2, -0.15) is 0 Å². The summed E-state index contributed by atoms with van der Waals surface area (Å²) in [4.78, 5) is 78.5. The molecule has 0 unspecified atom stereocenters. The molecule has 0 saturated carbocycles. The van der Waals surface area contributed by atoms with E-state index in [0.29, 0.717) is 96.3 Å². The maximum atomic E-state index is 14.1. The van der Waals surface area contributed by atoms with Gasteiger partial charge in [0.2, 0.25) is 5.91 Å². The van der Waals surface area contributed by atoms with Crippen molar-refractivity contribution in [3.8, 4) is 28.7 Å². The minimum Gasteiger partial charge on any atom is -0.497 e. The first-order valence-corrected chi connectivity index (χ1v) is 22.5. The normalized spacial score (nSPS) is 17.8. The van der Waals surface area contributed by atoms with Crippen LogP contribution in [0.3, 0.4) is 0 Å². The zero-order valence-electron chi connectivity index (χ0n) is 37.9. The van der Waals surface area contributed by atoms with E-state index in [9.17, 15) is 24.0 Å². The van der Waals surface area contributed by atoms with Gasteiger partial charge in [-0.05, 0) is 59.9 Å². The number of amides is 5. The number of anilines is 1. The molecule has 0 radical (unpaired) electrons. The van der Waals surface area contributed by atoms with Crippen molar-refractivity contribution < 1.29 is 47.7 Å². The number of nitrogens with one attached hydrogen (secondary N) is 1. The van der Waals surface area contributed by atoms with Gasteiger partial charge in [-0.15, -0.1) is 0 Å². The van der Waals surface area contributed by atoms with E-state index in [1.54, 1.807) is 53.6 Å². The van der Waals surface area contributed by atoms with E-state index in [-0.39, 0.29) is 61.3 Å². The van der Waals surface area contributed by atoms with E-state index in [1.165, 1.54) is 31.3 Å². The van der Waals surface area contributed by atoms with E-state index in [1.807, 2.05) is 60.9 Å². The summed E-state index contributed by atoms with van der Waals surface area (Å²) in [7, 11) is 4.67. The highest BCUT2D eigenvalue weighted by molar-refractivity contribution is 6.13. The first-order valence-electron chi connectivity index (χ1n) is 22.5. The van der Waals surface area contributed by atoms with Gasteiger partial charge in [-0.25, -0.2) is 0 Å². The van der Waals surface area contributed by atoms with Crippen LogP contribution in [0, 0.1) is 0 Å². The number of benzene rings is 4. The molecule has 0 aliphatic carbocycles. The maximum absolute atomic E-state index is 14.1. The largest absolute Gasteiger partial charge is 0.497 e. The summed E-state index contributed by atoms with van der Waals surface area (Å²) in [6.07, 6.45) is 13.6. The molecule has 1 N–H and O–H groups in total. The molecule has 0 fully saturated rings. The molecule has 5 amide bonds. The fourth-order valence-electron chi connectivity index (χ4n) is 8.83. The van der Waals surface area contributed by atoms with E-state index in [0.717, 1.165) is 28.0 Å². The number of fused-ring (bicyclic) bond motifs is 4. The number of ether oxygens (including phenoxy) is 5. The van der Waals surface area contributed by atoms with Crippen molar-refractivity contribution in [3.05, 3.63) is 120 Å². The van der Waals surface area contributed by atoms with Crippen LogP contribution in [-0.2, 0) is 14.4 Å². The zero-order valence-corrected chi connectivity index (χ0v) is 37.9. The summed E-state index contributed by atoms with van der Waals surface area (Å²) in [6.45, 7) is 0.855. The summed E-state index contributed by atoms with van der Waals surface area (Å²) in [5, 5.41) is 3.03. The summed E-state index contributed by atoms with van der Waals surface area (Å²) in [5.74, 6) is 1.24. The molecule has 9 rings (SSSR count). The molecule has 0 bridgehead atoms. The smallest absolute Gasteiger partial charge is 0.260 e. The van der Waals surface area contributed by atoms with Gasteiger partial charge in [-0.1, -0.05) is 36.8 Å². The second-order valence-electron chi connectivity index (χ2n) is 16.7. The van der Waals surface area contributed by atoms with Gasteiger partial charge in [0.05, 0.1) is 69.1 Å². The number of carbonyl (C=O) groups excluding carboxylic acids is 5. The molecule has 5 heterocycles. The van der Waals surface area contributed by atoms with Gasteiger partial charge in [0.1, 0.15) is 5.75 Å². The molecule has 0 spiro atoms. The van der Waals surface area contributed by atoms with Crippen molar-refractivity contribution in [1.82, 2.24) is 14.7 Å². The SMILES string of the molecule is COc1ccc(C2=CN3C(=O)c4cc(OC)c(OCCCOc5cc6c(cc5OC)C(=O)N5C=C(c7ccccc7NC(=O)CCCCCN7C(=O)C=CC7=O)C[C@H]5C=N6)cc4N=C[C@@H]3C2)cc1. The Kier molecular flexibility index (Phi) is 13.2. The lowest BCUT2D eigenvalue weighted by molar-refractivity contribution is -0.136. The molecule has 16 heteroatoms. The van der Waals surface area contributed by atoms with Crippen molar-refractivity contribution in [2.75, 3.05) is 46.4 Å². The molecule has 5 aliphatic rings. The standard InChI is InChI=1S/C52H50N6O10/c1-64-37-15-13-32(14-16-37)33-22-35-28-53-42-26-46(44(65-2)24-39(42)51(62)57(35)30-33)67-20-9-21-68-47-27-43-40(25-45(47)66-3)52(63)58-31-34(23-36(58)29-54-43)38-10-6-7-11-41(38)55-48(59)12-5-4-8-19-56-49(60)17-18-50(56)61/h6-7,10-11,13-18,24-31,35-36H,4-5,8-9,12,19-23H2,1-3H3,(H,55,59)/t35-,36-/m0/s1. The summed E-state index contributed by atoms with van der Waals surface area (Å²) < 4.78 is 29.0. The lowest BCUT2D eigenvalue weighted by atomic mass is 10.0. The molecule has 348 valence electrons. The highest BCUT2D eigenvalue weighted by atomic mass is 16.5. The minimum absolute atomic E-state index is 0.150. The Balaban J connectivity index is 0.791. The molecule has 5 aliphatic heterocycles. The highest BCUT2D eigenvalue weighted by Gasteiger charge is 2.36. The number of methoxy groups -OCH3 is 3. The average Bonchev–Trinajstić information content (AvgIpc) is 4.04. The number of nitrogens with zero attached hydrogens (tertiary/aromatic N) is 5. The summed E-state index contributed by atoms with van der Waals surface area (Å²) in [5.41, 5.74) is 6.09. The topological polar surface area (TPSA) is 178 Å². The molecule has 4 aromatic rings. The van der Waals surface area contributed by atoms with Crippen LogP contribution in [0.2, 0.25) is 0 Å². The molecule has 16 nitrogen and oxygen atoms in total. The third kappa shape index (κ3) is 9.34. The number of hydrogen-bond acceptors (Lipinski definition) is 12. The number of carbonyl (C=O) groups is 5. The van der Waals surface area contributed by atoms with Gasteiger partial charge >= 0.3 is 0 Å². The zero-order chi connectivity index (χ0) is 47.3. The fourth-order valence-corrected chi connectivity index (χ4v) is 8.83. The van der Waals surface area contributed by atoms with Gasteiger partial charge in [0.25, 0.3) is 23.6 Å². The van der Waals surface area contributed by atoms with Gasteiger partial charge in [0, 0.05) is 92.6 Å². The molecule has 68 heavy (non-hydrogen) atoms. The van der Waals surface area contributed by atoms with Gasteiger partial charge in [0.15, 0.2) is 23.0 Å². The second-order valence-corrected chi connectivity index (χ2v) is 16.7. The first-order chi connectivity index (χ1) is 33.1. The van der Waals surface area contributed by atoms with E-state index in [2.05, 4.69) is 5.32 Å². The van der Waals surface area contributed by atoms with Crippen LogP contribution >= 0.6 is 0 Å². The minimum atomic E-state index is -0.355. The van der Waals surface area contributed by atoms with Crippen LogP contribution in [-0.4, -0.2) is 110 Å². The number of para-hydroxylation sites is 1. The molecule has 0 saturated heterocycles. The third-order valence-electron chi connectivity index (χ3n) is 12.4. The predicted molar refractivity (Wildman–Crippen MR) is 255 cm³/mol. The second kappa shape index (κ2) is 19.8. The Morgan fingerprint density at radius 3 is 1.79 bits per heavy atom. The van der Waals surface area contributed by atoms with Crippen LogP contribution in [0.1, 0.15) is 76.8 Å². The van der Waals surface area contributed by atoms with Crippen LogP contribution in [0.4, 0.5) is 17.1 Å². The van der Waals surface area contributed by atoms with Crippen molar-refractivity contribution in [2.24, 2.45) is 9.98 Å². The van der Waals surface area contributed by atoms with Crippen LogP contribution in [0.25, 0.3) is 11.1 Å². The van der Waals surface area contributed by atoms with Crippen LogP contribution < -0.4 is 29.0 Å². The number of imide groups is 1. The number of rotatable bonds is 18. The highest BCUT2D eigenvalue weighted by Crippen LogP contribution is 2.42. The lowest BCUT2D eigenvalue weighted by Gasteiger charge is -2.19. The van der Waals surface area contributed by atoms with Crippen molar-refractivity contribution in [1.29, 1.82) is 0 Å². The average molecular weight is 919 g/mol. The number of hydrogen-bond donors (Lipinski definition) is 1. The first kappa shape index (κ1) is 45.2. The Morgan fingerprint density at radius 2 is 1.21 bits per heavy atom. The van der Waals surface area contributed by atoms with Crippen LogP contribution in [0.5, 0.6) is 28.7 Å². The number of unbranched alkanes of at least 4 members (excludes halogenated alkanes) is 2. The monoisotopic (exact) mass is 918 g/mol. The van der Waals surface area contributed by atoms with Crippen molar-refractivity contribution in [3.63, 3.8) is 0 Å². The number of aliphatic imine (C=N–C) groups is 2. The molecular formula is C52H50N6O10.